The number of nitrogens with two attached hydrogens (primary N) is 1. The first-order valence-corrected chi connectivity index (χ1v) is 66.7. The van der Waals surface area contributed by atoms with E-state index in [9.17, 15) is 76.5 Å². The molecule has 0 atom stereocenters. The van der Waals surface area contributed by atoms with Crippen LogP contribution >= 0.6 is 22.7 Å². The highest BCUT2D eigenvalue weighted by molar-refractivity contribution is 7.94. The molecule has 2 N–H and O–H groups in total. The molecule has 0 spiro atoms. The molecule has 0 amide bonds. The summed E-state index contributed by atoms with van der Waals surface area (Å²) in [5.74, 6) is 3.43. The molecule has 8 rings (SSSR count). The molecule has 0 bridgehead atoms. The van der Waals surface area contributed by atoms with Gasteiger partial charge in [-0.15, -0.1) is 21.5 Å². The summed E-state index contributed by atoms with van der Waals surface area (Å²) in [6, 6.07) is 40.2. The molecule has 0 saturated carbocycles. The van der Waals surface area contributed by atoms with Crippen LogP contribution in [0.1, 0.15) is 387 Å². The molecule has 0 fully saturated rings. The molecule has 8 aromatic rings. The van der Waals surface area contributed by atoms with Gasteiger partial charge >= 0.3 is 6.18 Å². The van der Waals surface area contributed by atoms with Gasteiger partial charge in [-0.2, -0.15) is 13.2 Å². The van der Waals surface area contributed by atoms with Gasteiger partial charge in [0.05, 0.1) is 95.3 Å². The fourth-order valence-corrected chi connectivity index (χ4v) is 24.7. The number of benzene rings is 6. The number of sulfonamides is 1. The maximum atomic E-state index is 13.0. The van der Waals surface area contributed by atoms with Crippen molar-refractivity contribution in [3.8, 4) is 27.8 Å². The first-order valence-electron chi connectivity index (χ1n) is 53.5. The summed E-state index contributed by atoms with van der Waals surface area (Å²) in [5.41, 5.74) is 7.71. The van der Waals surface area contributed by atoms with Gasteiger partial charge in [0, 0.05) is 16.7 Å². The maximum absolute atomic E-state index is 13.0. The second kappa shape index (κ2) is 66.7. The Bertz CT molecular complexity index is 5900. The topological polar surface area (TPSA) is 318 Å². The van der Waals surface area contributed by atoms with E-state index in [0.717, 1.165) is 256 Å². The summed E-state index contributed by atoms with van der Waals surface area (Å²) in [6.07, 6.45) is 37.0. The van der Waals surface area contributed by atoms with E-state index in [4.69, 9.17) is 19.3 Å². The number of fused-ring (bicyclic) bond motifs is 1. The molecule has 6 aromatic carbocycles. The van der Waals surface area contributed by atoms with E-state index in [-0.39, 0.29) is 39.0 Å². The zero-order valence-corrected chi connectivity index (χ0v) is 101. The highest BCUT2D eigenvalue weighted by Gasteiger charge is 2.34. The number of ether oxygens (including phenoxy) is 3. The molecule has 2 aromatic heterocycles. The molecule has 33 heteroatoms. The highest BCUT2D eigenvalue weighted by Crippen LogP contribution is 2.40. The van der Waals surface area contributed by atoms with E-state index < -0.39 is 105 Å². The van der Waals surface area contributed by atoms with E-state index >= 15 is 0 Å². The van der Waals surface area contributed by atoms with E-state index in [1.54, 1.807) is 186 Å². The van der Waals surface area contributed by atoms with Gasteiger partial charge in [-0.1, -0.05) is 214 Å². The Morgan fingerprint density at radius 1 is 0.331 bits per heavy atom. The summed E-state index contributed by atoms with van der Waals surface area (Å²) in [4.78, 5) is 0.148. The van der Waals surface area contributed by atoms with Crippen LogP contribution in [0.2, 0.25) is 0 Å². The lowest BCUT2D eigenvalue weighted by molar-refractivity contribution is -0.137. The Labute approximate surface area is 900 Å². The molecular weight excluding hydrogens is 2060 g/mol. The molecule has 0 unspecified atom stereocenters. The quantitative estimate of drug-likeness (QED) is 0.0273. The summed E-state index contributed by atoms with van der Waals surface area (Å²) >= 11 is 3.33. The van der Waals surface area contributed by atoms with Crippen molar-refractivity contribution in [2.24, 2.45) is 5.14 Å². The smallest absolute Gasteiger partial charge is 0.416 e. The zero-order valence-electron chi connectivity index (χ0n) is 93.2. The predicted molar refractivity (Wildman–Crippen MR) is 614 cm³/mol. The fourth-order valence-electron chi connectivity index (χ4n) is 15.5. The Morgan fingerprint density at radius 2 is 0.628 bits per heavy atom. The average molecular weight is 2240 g/mol. The second-order valence-corrected chi connectivity index (χ2v) is 64.6. The standard InChI is InChI=1S/C20H34O5S.C20H34O2S.C19H27FN2O2S2.C19H33NO4S2.C19H28O2S2.C18H27F3O2S/c1-20(2,3)26(21,22)13-11-9-7-8-10-12-16-14-17(23-4)19(25-6)18(15-16)24-5;1-4-5-11-19-13-15-20(16-14-19)12-9-7-6-8-10-17-23(21,22)18(2)3;1-19(2,3)26(23,24)14-8-6-4-5-7-9-17-21-22-18(25-17)15-10-12-16(20)13-11-15;1-19(2,3)25(21,22)16-10-8-6-4-5-7-9-11-17-12-14-18(15-13-17)26(20,23)24;1-19(2,3)23(20,21)14-8-6-4-5-7-9-16-10-11-18-17(15-16)12-13-22-18;1-17(2,3)24(22,23)14-8-6-4-5-7-9-15-10-12-16(13-11-15)18(19,20)21/h14-15H,7-13H2,1-6H3;13-16,18H,4-12,17H2,1-3H3;10-13H,4-9,14H2,1-3H3;12-15H,4-11,16H2,1-3H3,(H2,20,23,24);10-13,15H,4-9,14H2,1-3H3;10-13H,4-9,14H2,1-3H3. The number of unbranched alkanes of at least 4 members (excludes halogenated alkanes) is 27. The number of methoxy groups -OCH3 is 3. The monoisotopic (exact) mass is 2240 g/mol. The molecule has 0 saturated heterocycles. The fraction of sp³-hybridized carbons (Fsp3) is 0.652. The molecular formula is C115H183F4N3O17S9. The van der Waals surface area contributed by atoms with E-state index in [2.05, 4.69) is 71.0 Å². The Balaban J connectivity index is 0.000000456. The van der Waals surface area contributed by atoms with Crippen molar-refractivity contribution in [3.63, 3.8) is 0 Å². The Hall–Kier alpha value is -6.43. The van der Waals surface area contributed by atoms with Gasteiger partial charge in [-0.3, -0.25) is 0 Å². The largest absolute Gasteiger partial charge is 0.493 e. The first-order chi connectivity index (χ1) is 69.0. The predicted octanol–water partition coefficient (Wildman–Crippen LogP) is 29.7. The Kier molecular flexibility index (Phi) is 61.2. The van der Waals surface area contributed by atoms with Gasteiger partial charge in [-0.25, -0.2) is 68.5 Å². The van der Waals surface area contributed by atoms with Crippen LogP contribution in [-0.4, -0.2) is 154 Å². The average Bonchev–Trinajstić information content (AvgIpc) is 0.909. The van der Waals surface area contributed by atoms with Crippen LogP contribution in [0.25, 0.3) is 20.7 Å². The van der Waals surface area contributed by atoms with Crippen molar-refractivity contribution in [3.05, 3.63) is 189 Å². The number of aromatic nitrogens is 2. The van der Waals surface area contributed by atoms with Crippen molar-refractivity contribution >= 4 is 102 Å². The summed E-state index contributed by atoms with van der Waals surface area (Å²) in [5, 5.41) is 18.5. The van der Waals surface area contributed by atoms with Crippen molar-refractivity contribution in [1.82, 2.24) is 10.2 Å². The number of sulfone groups is 6. The SMILES string of the molecule is CC(C)(C)S(=O)(=O)CCCCCCCCCc1ccc(S(N)(=O)=O)cc1.CC(C)(C)S(=O)(=O)CCCCCCCc1ccc(C(F)(F)F)cc1.CC(C)(C)S(=O)(=O)CCCCCCCc1ccc2sccc2c1.CC(C)(C)S(=O)(=O)CCCCCCCc1nnc(-c2ccc(F)cc2)s1.CCCCc1ccc(CCCCCCCS(=O)(=O)C(C)C)cc1.COc1cc(CCCCCCCS(=O)(=O)C(C)(C)C)cc(OC)c1OC. The molecule has 20 nitrogen and oxygen atoms in total. The van der Waals surface area contributed by atoms with Crippen molar-refractivity contribution in [2.75, 3.05) is 55.8 Å². The molecule has 0 radical (unpaired) electrons. The van der Waals surface area contributed by atoms with E-state index in [1.165, 1.54) is 96.0 Å². The minimum absolute atomic E-state index is 0.148. The van der Waals surface area contributed by atoms with E-state index in [0.29, 0.717) is 35.2 Å². The van der Waals surface area contributed by atoms with Crippen LogP contribution < -0.4 is 19.3 Å². The number of halogens is 4. The number of hydrogen-bond acceptors (Lipinski definition) is 21. The number of nitrogens with zero attached hydrogens (tertiary/aromatic N) is 2. The number of hydrogen-bond donors (Lipinski definition) is 1. The van der Waals surface area contributed by atoms with Gasteiger partial charge in [0.1, 0.15) is 15.8 Å². The zero-order chi connectivity index (χ0) is 111. The van der Waals surface area contributed by atoms with Gasteiger partial charge in [0.2, 0.25) is 15.8 Å². The van der Waals surface area contributed by atoms with Crippen LogP contribution in [0, 0.1) is 5.82 Å². The second-order valence-electron chi connectivity index (χ2n) is 44.0. The Morgan fingerprint density at radius 3 is 0.946 bits per heavy atom. The van der Waals surface area contributed by atoms with Crippen LogP contribution in [0.4, 0.5) is 17.6 Å². The highest BCUT2D eigenvalue weighted by atomic mass is 32.2. The number of rotatable bonds is 59. The van der Waals surface area contributed by atoms with Crippen molar-refractivity contribution in [2.45, 2.75) is 428 Å². The third-order valence-electron chi connectivity index (χ3n) is 26.3. The summed E-state index contributed by atoms with van der Waals surface area (Å²) in [7, 11) is -16.6. The minimum atomic E-state index is -4.29. The molecule has 0 aliphatic rings. The van der Waals surface area contributed by atoms with Crippen molar-refractivity contribution in [1.29, 1.82) is 0 Å². The number of primary sulfonamides is 1. The lowest BCUT2D eigenvalue weighted by atomic mass is 10.0. The first kappa shape index (κ1) is 136. The lowest BCUT2D eigenvalue weighted by Crippen LogP contribution is -2.30. The van der Waals surface area contributed by atoms with Crippen LogP contribution in [0.15, 0.2) is 144 Å². The molecule has 0 aliphatic heterocycles. The third kappa shape index (κ3) is 54.1. The van der Waals surface area contributed by atoms with E-state index in [1.807, 2.05) is 24.3 Å². The van der Waals surface area contributed by atoms with Crippen LogP contribution in [0.5, 0.6) is 17.2 Å². The van der Waals surface area contributed by atoms with Crippen molar-refractivity contribution < 1.29 is 90.7 Å². The minimum Gasteiger partial charge on any atom is -0.493 e. The number of aryl methyl sites for hydroxylation is 7. The van der Waals surface area contributed by atoms with Gasteiger partial charge in [0.15, 0.2) is 70.5 Å². The number of thiophene rings is 1. The van der Waals surface area contributed by atoms with Crippen LogP contribution in [0.3, 0.4) is 0 Å². The third-order valence-corrected chi connectivity index (χ3v) is 44.9. The number of alkyl halides is 3. The van der Waals surface area contributed by atoms with Gasteiger partial charge in [-0.05, 0) is 357 Å². The molecule has 842 valence electrons. The van der Waals surface area contributed by atoms with Gasteiger partial charge < -0.3 is 14.2 Å². The molecule has 2 heterocycles. The maximum Gasteiger partial charge on any atom is 0.416 e. The molecule has 0 aliphatic carbocycles. The summed E-state index contributed by atoms with van der Waals surface area (Å²) in [6.45, 7) is 32.1. The normalized spacial score (nSPS) is 12.6. The van der Waals surface area contributed by atoms with Gasteiger partial charge in [0.25, 0.3) is 0 Å². The lowest BCUT2D eigenvalue weighted by Gasteiger charge is -2.18. The van der Waals surface area contributed by atoms with Crippen LogP contribution in [-0.2, 0) is 120 Å². The molecule has 148 heavy (non-hydrogen) atoms. The summed E-state index contributed by atoms with van der Waals surface area (Å²) < 4.78 is 230.